The topological polar surface area (TPSA) is 84.2 Å². The molecule has 58 valence electrons. The van der Waals surface area contributed by atoms with Crippen LogP contribution in [0.4, 0.5) is 0 Å². The van der Waals surface area contributed by atoms with E-state index in [1.165, 1.54) is 0 Å². The first-order valence-corrected chi connectivity index (χ1v) is 2.95. The molecule has 0 fully saturated rings. The molecule has 0 heterocycles. The lowest BCUT2D eigenvalue weighted by molar-refractivity contribution is -0.122. The van der Waals surface area contributed by atoms with Crippen LogP contribution >= 0.6 is 0 Å². The highest BCUT2D eigenvalue weighted by Crippen LogP contribution is 1.59. The van der Waals surface area contributed by atoms with Gasteiger partial charge >= 0.3 is 0 Å². The molecule has 0 saturated heterocycles. The Bertz CT molecular complexity index is 115. The molecule has 0 aliphatic carbocycles. The molecular weight excluding hydrogens is 134 g/mol. The van der Waals surface area contributed by atoms with Crippen LogP contribution in [0.2, 0.25) is 0 Å². The van der Waals surface area contributed by atoms with Crippen LogP contribution in [-0.2, 0) is 9.59 Å². The van der Waals surface area contributed by atoms with Crippen molar-refractivity contribution in [2.75, 3.05) is 19.6 Å². The van der Waals surface area contributed by atoms with Gasteiger partial charge in [-0.05, 0) is 0 Å². The normalized spacial score (nSPS) is 8.50. The van der Waals surface area contributed by atoms with E-state index in [1.54, 1.807) is 0 Å². The minimum atomic E-state index is -0.224. The van der Waals surface area contributed by atoms with Crippen molar-refractivity contribution in [1.82, 2.24) is 10.6 Å². The van der Waals surface area contributed by atoms with Crippen LogP contribution in [0.3, 0.4) is 0 Å². The Kier molecular flexibility index (Phi) is 5.36. The summed E-state index contributed by atoms with van der Waals surface area (Å²) in [4.78, 5) is 20.2. The van der Waals surface area contributed by atoms with E-state index in [4.69, 9.17) is 5.73 Å². The molecular formula is C5H11N3O2. The fourth-order valence-electron chi connectivity index (χ4n) is 0.408. The van der Waals surface area contributed by atoms with Crippen molar-refractivity contribution in [3.63, 3.8) is 0 Å². The maximum Gasteiger partial charge on any atom is 0.239 e. The minimum absolute atomic E-state index is 0.0174. The number of rotatable bonds is 5. The van der Waals surface area contributed by atoms with Gasteiger partial charge in [0.1, 0.15) is 0 Å². The number of amides is 2. The number of nitrogens with two attached hydrogens (primary N) is 1. The third-order valence-corrected chi connectivity index (χ3v) is 0.812. The van der Waals surface area contributed by atoms with Crippen LogP contribution in [0.15, 0.2) is 0 Å². The highest BCUT2D eigenvalue weighted by atomic mass is 16.2. The molecule has 0 radical (unpaired) electrons. The molecule has 2 amide bonds. The van der Waals surface area contributed by atoms with E-state index in [0.717, 1.165) is 0 Å². The Morgan fingerprint density at radius 3 is 2.80 bits per heavy atom. The van der Waals surface area contributed by atoms with Gasteiger partial charge in [-0.2, -0.15) is 0 Å². The van der Waals surface area contributed by atoms with Gasteiger partial charge in [0, 0.05) is 13.1 Å². The molecule has 0 aliphatic rings. The van der Waals surface area contributed by atoms with Gasteiger partial charge in [-0.1, -0.05) is 0 Å². The van der Waals surface area contributed by atoms with Gasteiger partial charge < -0.3 is 16.4 Å². The number of hydrogen-bond acceptors (Lipinski definition) is 3. The summed E-state index contributed by atoms with van der Waals surface area (Å²) in [5.74, 6) is -0.224. The lowest BCUT2D eigenvalue weighted by atomic mass is 10.5. The summed E-state index contributed by atoms with van der Waals surface area (Å²) >= 11 is 0. The fourth-order valence-corrected chi connectivity index (χ4v) is 0.408. The average Bonchev–Trinajstić information content (AvgIpc) is 1.97. The molecule has 0 unspecified atom stereocenters. The summed E-state index contributed by atoms with van der Waals surface area (Å²) < 4.78 is 0. The van der Waals surface area contributed by atoms with Crippen molar-refractivity contribution in [3.05, 3.63) is 0 Å². The lowest BCUT2D eigenvalue weighted by Crippen LogP contribution is -2.36. The summed E-state index contributed by atoms with van der Waals surface area (Å²) in [5.41, 5.74) is 5.10. The van der Waals surface area contributed by atoms with E-state index in [-0.39, 0.29) is 12.5 Å². The van der Waals surface area contributed by atoms with Gasteiger partial charge in [0.25, 0.3) is 0 Å². The quantitative estimate of drug-likeness (QED) is 0.384. The summed E-state index contributed by atoms with van der Waals surface area (Å²) in [5, 5.41) is 4.71. The predicted molar refractivity (Wildman–Crippen MR) is 36.1 cm³/mol. The van der Waals surface area contributed by atoms with E-state index < -0.39 is 0 Å². The van der Waals surface area contributed by atoms with Gasteiger partial charge in [0.15, 0.2) is 0 Å². The first kappa shape index (κ1) is 8.90. The molecule has 0 aromatic rings. The first-order chi connectivity index (χ1) is 4.81. The molecule has 0 rings (SSSR count). The second kappa shape index (κ2) is 6.03. The van der Waals surface area contributed by atoms with Crippen molar-refractivity contribution < 1.29 is 9.59 Å². The Labute approximate surface area is 59.0 Å². The van der Waals surface area contributed by atoms with Crippen LogP contribution < -0.4 is 16.4 Å². The molecule has 0 aromatic carbocycles. The van der Waals surface area contributed by atoms with Crippen LogP contribution in [0.5, 0.6) is 0 Å². The highest BCUT2D eigenvalue weighted by molar-refractivity contribution is 5.79. The van der Waals surface area contributed by atoms with Gasteiger partial charge in [0.2, 0.25) is 12.3 Å². The highest BCUT2D eigenvalue weighted by Gasteiger charge is 1.95. The number of nitrogens with one attached hydrogen (secondary N) is 2. The summed E-state index contributed by atoms with van der Waals surface area (Å²) in [6.07, 6.45) is 0.474. The zero-order valence-corrected chi connectivity index (χ0v) is 5.59. The van der Waals surface area contributed by atoms with Crippen molar-refractivity contribution >= 4 is 12.3 Å². The molecule has 10 heavy (non-hydrogen) atoms. The summed E-state index contributed by atoms with van der Waals surface area (Å²) in [6, 6.07) is 0. The van der Waals surface area contributed by atoms with Gasteiger partial charge in [-0.15, -0.1) is 0 Å². The second-order valence-corrected chi connectivity index (χ2v) is 1.64. The van der Waals surface area contributed by atoms with E-state index in [0.29, 0.717) is 19.5 Å². The van der Waals surface area contributed by atoms with Crippen LogP contribution in [-0.4, -0.2) is 32.0 Å². The second-order valence-electron chi connectivity index (χ2n) is 1.64. The summed E-state index contributed by atoms with van der Waals surface area (Å²) in [7, 11) is 0. The van der Waals surface area contributed by atoms with Gasteiger partial charge in [0.05, 0.1) is 6.54 Å². The third kappa shape index (κ3) is 5.04. The van der Waals surface area contributed by atoms with Crippen molar-refractivity contribution in [3.8, 4) is 0 Å². The molecule has 4 N–H and O–H groups in total. The van der Waals surface area contributed by atoms with E-state index in [9.17, 15) is 9.59 Å². The SMILES string of the molecule is NCCNC(=O)CNC=O. The van der Waals surface area contributed by atoms with Crippen molar-refractivity contribution in [1.29, 1.82) is 0 Å². The fraction of sp³-hybridized carbons (Fsp3) is 0.600. The molecule has 5 heteroatoms. The lowest BCUT2D eigenvalue weighted by Gasteiger charge is -2.00. The molecule has 0 aromatic heterocycles. The molecule has 0 saturated carbocycles. The third-order valence-electron chi connectivity index (χ3n) is 0.812. The zero-order chi connectivity index (χ0) is 7.82. The number of carbonyl (C=O) groups excluding carboxylic acids is 2. The number of hydrogen-bond donors (Lipinski definition) is 3. The smallest absolute Gasteiger partial charge is 0.239 e. The maximum atomic E-state index is 10.6. The average molecular weight is 145 g/mol. The van der Waals surface area contributed by atoms with E-state index in [2.05, 4.69) is 10.6 Å². The van der Waals surface area contributed by atoms with Crippen molar-refractivity contribution in [2.24, 2.45) is 5.73 Å². The Morgan fingerprint density at radius 1 is 1.60 bits per heavy atom. The zero-order valence-electron chi connectivity index (χ0n) is 5.59. The maximum absolute atomic E-state index is 10.6. The first-order valence-electron chi connectivity index (χ1n) is 2.95. The standard InChI is InChI=1S/C5H11N3O2/c6-1-2-8-5(10)3-7-4-9/h4H,1-3,6H2,(H,7,9)(H,8,10). The number of carbonyl (C=O) groups is 2. The van der Waals surface area contributed by atoms with E-state index >= 15 is 0 Å². The molecule has 0 bridgehead atoms. The Morgan fingerprint density at radius 2 is 2.30 bits per heavy atom. The molecule has 0 spiro atoms. The minimum Gasteiger partial charge on any atom is -0.353 e. The Balaban J connectivity index is 3.16. The summed E-state index contributed by atoms with van der Waals surface area (Å²) in [6.45, 7) is 0.871. The Hall–Kier alpha value is -1.10. The van der Waals surface area contributed by atoms with Crippen LogP contribution in [0, 0.1) is 0 Å². The molecule has 0 aliphatic heterocycles. The largest absolute Gasteiger partial charge is 0.353 e. The predicted octanol–water partition coefficient (Wildman–Crippen LogP) is -2.19. The molecule has 5 nitrogen and oxygen atoms in total. The van der Waals surface area contributed by atoms with Crippen LogP contribution in [0.25, 0.3) is 0 Å². The van der Waals surface area contributed by atoms with Crippen LogP contribution in [0.1, 0.15) is 0 Å². The van der Waals surface area contributed by atoms with Gasteiger partial charge in [-0.3, -0.25) is 9.59 Å². The van der Waals surface area contributed by atoms with Crippen molar-refractivity contribution in [2.45, 2.75) is 0 Å². The monoisotopic (exact) mass is 145 g/mol. The van der Waals surface area contributed by atoms with Gasteiger partial charge in [-0.25, -0.2) is 0 Å². The molecule has 0 atom stereocenters. The van der Waals surface area contributed by atoms with E-state index in [1.807, 2.05) is 0 Å².